The molecule has 20 heavy (non-hydrogen) atoms. The molecule has 0 bridgehead atoms. The van der Waals surface area contributed by atoms with E-state index in [-0.39, 0.29) is 18.6 Å². The molecule has 2 unspecified atom stereocenters. The largest absolute Gasteiger partial charge is 0.465 e. The fourth-order valence-electron chi connectivity index (χ4n) is 2.91. The predicted molar refractivity (Wildman–Crippen MR) is 58.6 cm³/mol. The summed E-state index contributed by atoms with van der Waals surface area (Å²) in [6.45, 7) is 1.09. The highest BCUT2D eigenvalue weighted by atomic mass is 19.3. The third-order valence-corrected chi connectivity index (χ3v) is 3.75. The molecule has 1 saturated carbocycles. The highest BCUT2D eigenvalue weighted by Crippen LogP contribution is 2.68. The van der Waals surface area contributed by atoms with Gasteiger partial charge in [0, 0.05) is 11.5 Å². The van der Waals surface area contributed by atoms with Gasteiger partial charge in [0.1, 0.15) is 17.9 Å². The maximum Gasteiger partial charge on any atom is 0.327 e. The Morgan fingerprint density at radius 3 is 2.85 bits per heavy atom. The van der Waals surface area contributed by atoms with E-state index in [4.69, 9.17) is 0 Å². The van der Waals surface area contributed by atoms with Crippen molar-refractivity contribution >= 4 is 5.97 Å². The molecule has 2 aliphatic rings. The molecule has 0 N–H and O–H groups in total. The SMILES string of the molecule is CCOC(=O)Cn1nc(C(F)F)c2c1C(F)(F)C1CC21. The number of halogens is 4. The lowest BCUT2D eigenvalue weighted by Gasteiger charge is -2.14. The minimum atomic E-state index is -3.20. The van der Waals surface area contributed by atoms with Crippen LogP contribution in [0.25, 0.3) is 0 Å². The van der Waals surface area contributed by atoms with Gasteiger partial charge in [-0.15, -0.1) is 0 Å². The van der Waals surface area contributed by atoms with Crippen molar-refractivity contribution in [2.24, 2.45) is 5.92 Å². The average molecular weight is 292 g/mol. The number of aromatic nitrogens is 2. The molecule has 1 aromatic rings. The number of esters is 1. The first-order valence-corrected chi connectivity index (χ1v) is 6.30. The number of alkyl halides is 4. The van der Waals surface area contributed by atoms with Crippen LogP contribution in [0.1, 0.15) is 42.6 Å². The molecule has 0 amide bonds. The van der Waals surface area contributed by atoms with Gasteiger partial charge in [-0.1, -0.05) is 0 Å². The van der Waals surface area contributed by atoms with Gasteiger partial charge in [-0.2, -0.15) is 13.9 Å². The van der Waals surface area contributed by atoms with Crippen LogP contribution < -0.4 is 0 Å². The lowest BCUT2D eigenvalue weighted by Crippen LogP contribution is -2.23. The van der Waals surface area contributed by atoms with Crippen molar-refractivity contribution in [1.29, 1.82) is 0 Å². The Labute approximate surface area is 111 Å². The van der Waals surface area contributed by atoms with Gasteiger partial charge in [0.15, 0.2) is 0 Å². The zero-order valence-electron chi connectivity index (χ0n) is 10.6. The molecule has 4 nitrogen and oxygen atoms in total. The number of nitrogens with zero attached hydrogens (tertiary/aromatic N) is 2. The fourth-order valence-corrected chi connectivity index (χ4v) is 2.91. The van der Waals surface area contributed by atoms with E-state index in [1.807, 2.05) is 0 Å². The zero-order valence-corrected chi connectivity index (χ0v) is 10.6. The predicted octanol–water partition coefficient (Wildman–Crippen LogP) is 2.59. The minimum Gasteiger partial charge on any atom is -0.465 e. The van der Waals surface area contributed by atoms with Crippen molar-refractivity contribution in [2.45, 2.75) is 38.2 Å². The van der Waals surface area contributed by atoms with E-state index >= 15 is 0 Å². The summed E-state index contributed by atoms with van der Waals surface area (Å²) < 4.78 is 59.4. The summed E-state index contributed by atoms with van der Waals surface area (Å²) in [5.41, 5.74) is -1.24. The smallest absolute Gasteiger partial charge is 0.327 e. The topological polar surface area (TPSA) is 44.1 Å². The Kier molecular flexibility index (Phi) is 2.81. The average Bonchev–Trinajstić information content (AvgIpc) is 3.00. The van der Waals surface area contributed by atoms with E-state index in [0.29, 0.717) is 4.68 Å². The molecule has 0 aromatic carbocycles. The Balaban J connectivity index is 2.02. The first-order valence-electron chi connectivity index (χ1n) is 6.30. The molecule has 0 spiro atoms. The second-order valence-corrected chi connectivity index (χ2v) is 4.98. The monoisotopic (exact) mass is 292 g/mol. The minimum absolute atomic E-state index is 0.0701. The van der Waals surface area contributed by atoms with Crippen molar-refractivity contribution in [3.8, 4) is 0 Å². The van der Waals surface area contributed by atoms with Gasteiger partial charge in [0.25, 0.3) is 12.3 Å². The van der Waals surface area contributed by atoms with Crippen molar-refractivity contribution in [1.82, 2.24) is 9.78 Å². The highest BCUT2D eigenvalue weighted by molar-refractivity contribution is 5.69. The fraction of sp³-hybridized carbons (Fsp3) is 0.667. The lowest BCUT2D eigenvalue weighted by atomic mass is 10.1. The van der Waals surface area contributed by atoms with Crippen molar-refractivity contribution in [3.63, 3.8) is 0 Å². The van der Waals surface area contributed by atoms with Gasteiger partial charge in [-0.25, -0.2) is 8.78 Å². The van der Waals surface area contributed by atoms with Crippen LogP contribution in [0.5, 0.6) is 0 Å². The maximum absolute atomic E-state index is 14.1. The second-order valence-electron chi connectivity index (χ2n) is 4.98. The van der Waals surface area contributed by atoms with Crippen LogP contribution in [0.15, 0.2) is 0 Å². The van der Waals surface area contributed by atoms with E-state index in [2.05, 4.69) is 9.84 Å². The summed E-state index contributed by atoms with van der Waals surface area (Å²) >= 11 is 0. The molecule has 0 radical (unpaired) electrons. The van der Waals surface area contributed by atoms with E-state index in [1.54, 1.807) is 6.92 Å². The summed E-state index contributed by atoms with van der Waals surface area (Å²) in [6.07, 6.45) is -2.73. The van der Waals surface area contributed by atoms with Crippen LogP contribution in [-0.2, 0) is 22.0 Å². The van der Waals surface area contributed by atoms with E-state index in [9.17, 15) is 22.4 Å². The highest BCUT2D eigenvalue weighted by Gasteiger charge is 2.67. The van der Waals surface area contributed by atoms with E-state index in [1.165, 1.54) is 0 Å². The van der Waals surface area contributed by atoms with Gasteiger partial charge in [0.2, 0.25) is 0 Å². The molecular weight excluding hydrogens is 280 g/mol. The van der Waals surface area contributed by atoms with Crippen molar-refractivity contribution in [3.05, 3.63) is 17.0 Å². The van der Waals surface area contributed by atoms with Crippen LogP contribution in [-0.4, -0.2) is 22.4 Å². The quantitative estimate of drug-likeness (QED) is 0.633. The summed E-state index contributed by atoms with van der Waals surface area (Å²) in [7, 11) is 0. The molecule has 0 aliphatic heterocycles. The van der Waals surface area contributed by atoms with Gasteiger partial charge in [-0.3, -0.25) is 9.48 Å². The standard InChI is InChI=1S/C12H12F4N2O2/c1-2-20-7(19)4-18-10-8(9(17-18)11(13)14)5-3-6(5)12(10,15)16/h5-6,11H,2-4H2,1H3. The number of carbonyl (C=O) groups excluding carboxylic acids is 1. The molecule has 1 heterocycles. The maximum atomic E-state index is 14.1. The Morgan fingerprint density at radius 1 is 1.55 bits per heavy atom. The first kappa shape index (κ1) is 13.4. The number of rotatable bonds is 4. The molecule has 2 aliphatic carbocycles. The normalized spacial score (nSPS) is 25.5. The second kappa shape index (κ2) is 4.20. The van der Waals surface area contributed by atoms with E-state index in [0.717, 1.165) is 0 Å². The Bertz CT molecular complexity index is 570. The van der Waals surface area contributed by atoms with Crippen LogP contribution in [0.3, 0.4) is 0 Å². The van der Waals surface area contributed by atoms with Crippen LogP contribution in [0.2, 0.25) is 0 Å². The number of carbonyl (C=O) groups is 1. The summed E-state index contributed by atoms with van der Waals surface area (Å²) in [4.78, 5) is 11.4. The summed E-state index contributed by atoms with van der Waals surface area (Å²) in [5, 5.41) is 3.51. The molecule has 2 atom stereocenters. The van der Waals surface area contributed by atoms with Gasteiger partial charge in [0.05, 0.1) is 6.61 Å². The zero-order chi connectivity index (χ0) is 14.7. The Morgan fingerprint density at radius 2 is 2.25 bits per heavy atom. The molecule has 0 saturated heterocycles. The van der Waals surface area contributed by atoms with Crippen molar-refractivity contribution in [2.75, 3.05) is 6.61 Å². The van der Waals surface area contributed by atoms with Crippen LogP contribution in [0.4, 0.5) is 17.6 Å². The Hall–Kier alpha value is -1.60. The van der Waals surface area contributed by atoms with Crippen molar-refractivity contribution < 1.29 is 27.1 Å². The number of fused-ring (bicyclic) bond motifs is 3. The van der Waals surface area contributed by atoms with Crippen LogP contribution in [0, 0.1) is 5.92 Å². The third kappa shape index (κ3) is 1.73. The van der Waals surface area contributed by atoms with Gasteiger partial charge >= 0.3 is 5.97 Å². The summed E-state index contributed by atoms with van der Waals surface area (Å²) in [5.74, 6) is -5.46. The van der Waals surface area contributed by atoms with Gasteiger partial charge < -0.3 is 4.74 Å². The molecule has 8 heteroatoms. The number of hydrogen-bond donors (Lipinski definition) is 0. The number of hydrogen-bond acceptors (Lipinski definition) is 3. The van der Waals surface area contributed by atoms with E-state index < -0.39 is 48.1 Å². The molecular formula is C12H12F4N2O2. The summed E-state index contributed by atoms with van der Waals surface area (Å²) in [6, 6.07) is 0. The molecule has 1 aromatic heterocycles. The van der Waals surface area contributed by atoms with Crippen LogP contribution >= 0.6 is 0 Å². The molecule has 3 rings (SSSR count). The van der Waals surface area contributed by atoms with Gasteiger partial charge in [-0.05, 0) is 19.3 Å². The number of ether oxygens (including phenoxy) is 1. The third-order valence-electron chi connectivity index (χ3n) is 3.75. The molecule has 1 fully saturated rings. The lowest BCUT2D eigenvalue weighted by molar-refractivity contribution is -0.144. The first-order chi connectivity index (χ1) is 9.37. The molecule has 110 valence electrons.